The minimum Gasteiger partial charge on any atom is -0.493 e. The Kier molecular flexibility index (Phi) is 7.34. The van der Waals surface area contributed by atoms with Gasteiger partial charge in [-0.3, -0.25) is 4.79 Å². The van der Waals surface area contributed by atoms with E-state index in [4.69, 9.17) is 21.1 Å². The van der Waals surface area contributed by atoms with Crippen molar-refractivity contribution < 1.29 is 14.3 Å². The third-order valence-corrected chi connectivity index (χ3v) is 4.63. The lowest BCUT2D eigenvalue weighted by molar-refractivity contribution is 0.0764. The van der Waals surface area contributed by atoms with Crippen LogP contribution in [0.3, 0.4) is 0 Å². The van der Waals surface area contributed by atoms with Gasteiger partial charge < -0.3 is 14.4 Å². The molecule has 0 aliphatic rings. The first-order valence-electron chi connectivity index (χ1n) is 8.03. The molecule has 0 fully saturated rings. The summed E-state index contributed by atoms with van der Waals surface area (Å²) in [6.07, 6.45) is 2.57. The number of carbonyl (C=O) groups is 1. The first-order chi connectivity index (χ1) is 12.1. The fraction of sp³-hybridized carbons (Fsp3) is 0.316. The molecule has 0 spiro atoms. The van der Waals surface area contributed by atoms with E-state index in [1.807, 2.05) is 24.4 Å². The Morgan fingerprint density at radius 2 is 2.24 bits per heavy atom. The highest BCUT2D eigenvalue weighted by Gasteiger charge is 2.20. The zero-order chi connectivity index (χ0) is 18.2. The Morgan fingerprint density at radius 3 is 2.84 bits per heavy atom. The first kappa shape index (κ1) is 19.3. The molecule has 1 aromatic heterocycles. The maximum atomic E-state index is 12.9. The van der Waals surface area contributed by atoms with Crippen molar-refractivity contribution in [1.82, 2.24) is 4.90 Å². The minimum absolute atomic E-state index is 0.129. The molecule has 0 aliphatic carbocycles. The van der Waals surface area contributed by atoms with Crippen LogP contribution in [-0.4, -0.2) is 31.1 Å². The van der Waals surface area contributed by atoms with Gasteiger partial charge in [-0.2, -0.15) is 0 Å². The lowest BCUT2D eigenvalue weighted by atomic mass is 10.1. The molecular weight excluding hydrogens is 358 g/mol. The van der Waals surface area contributed by atoms with Crippen LogP contribution in [0.1, 0.15) is 28.6 Å². The molecule has 2 aromatic rings. The number of halogens is 1. The van der Waals surface area contributed by atoms with Gasteiger partial charge >= 0.3 is 0 Å². The molecule has 0 unspecified atom stereocenters. The number of carbonyl (C=O) groups excluding carboxylic acids is 1. The Hall–Kier alpha value is -1.98. The molecule has 134 valence electrons. The van der Waals surface area contributed by atoms with E-state index in [0.29, 0.717) is 41.8 Å². The molecule has 6 heteroatoms. The van der Waals surface area contributed by atoms with Crippen LogP contribution in [-0.2, 0) is 6.54 Å². The van der Waals surface area contributed by atoms with Crippen molar-refractivity contribution in [1.29, 1.82) is 0 Å². The summed E-state index contributed by atoms with van der Waals surface area (Å²) < 4.78 is 11.0. The van der Waals surface area contributed by atoms with Crippen LogP contribution >= 0.6 is 22.9 Å². The molecule has 0 radical (unpaired) electrons. The van der Waals surface area contributed by atoms with Crippen molar-refractivity contribution in [3.63, 3.8) is 0 Å². The summed E-state index contributed by atoms with van der Waals surface area (Å²) in [5, 5.41) is 2.36. The summed E-state index contributed by atoms with van der Waals surface area (Å²) in [7, 11) is 1.53. The fourth-order valence-electron chi connectivity index (χ4n) is 2.34. The second-order valence-electron chi connectivity index (χ2n) is 5.39. The molecule has 4 nitrogen and oxygen atoms in total. The molecule has 0 N–H and O–H groups in total. The predicted octanol–water partition coefficient (Wildman–Crippen LogP) is 5.03. The number of rotatable bonds is 9. The number of benzene rings is 1. The number of nitrogens with zero attached hydrogens (tertiary/aromatic N) is 1. The van der Waals surface area contributed by atoms with Crippen molar-refractivity contribution >= 4 is 28.8 Å². The number of hydrogen-bond donors (Lipinski definition) is 0. The third kappa shape index (κ3) is 5.00. The summed E-state index contributed by atoms with van der Waals surface area (Å²) in [6.45, 7) is 7.26. The molecular formula is C19H22ClNO3S. The monoisotopic (exact) mass is 379 g/mol. The van der Waals surface area contributed by atoms with Gasteiger partial charge in [-0.25, -0.2) is 0 Å². The third-order valence-electron chi connectivity index (χ3n) is 3.49. The summed E-state index contributed by atoms with van der Waals surface area (Å²) >= 11 is 7.94. The predicted molar refractivity (Wildman–Crippen MR) is 103 cm³/mol. The van der Waals surface area contributed by atoms with E-state index in [9.17, 15) is 4.79 Å². The standard InChI is InChI=1S/C19H22ClNO3S/c1-4-8-21(13-15-7-6-10-25-15)19(22)14-11-16(20)18(24-9-5-2)17(12-14)23-3/h4,6-7,10-12H,1,5,8-9,13H2,2-3H3. The van der Waals surface area contributed by atoms with Crippen LogP contribution in [0, 0.1) is 0 Å². The van der Waals surface area contributed by atoms with E-state index in [0.717, 1.165) is 11.3 Å². The van der Waals surface area contributed by atoms with E-state index in [1.54, 1.807) is 34.4 Å². The number of hydrogen-bond acceptors (Lipinski definition) is 4. The number of thiophene rings is 1. The van der Waals surface area contributed by atoms with Gasteiger partial charge in [0, 0.05) is 17.0 Å². The summed E-state index contributed by atoms with van der Waals surface area (Å²) in [4.78, 5) is 15.8. The molecule has 25 heavy (non-hydrogen) atoms. The van der Waals surface area contributed by atoms with Crippen molar-refractivity contribution in [2.45, 2.75) is 19.9 Å². The number of ether oxygens (including phenoxy) is 2. The van der Waals surface area contributed by atoms with Gasteiger partial charge in [0.25, 0.3) is 5.91 Å². The number of amides is 1. The van der Waals surface area contributed by atoms with Gasteiger partial charge in [0.15, 0.2) is 11.5 Å². The highest BCUT2D eigenvalue weighted by molar-refractivity contribution is 7.09. The Labute approximate surface area is 157 Å². The molecule has 0 aliphatic heterocycles. The lowest BCUT2D eigenvalue weighted by Gasteiger charge is -2.21. The van der Waals surface area contributed by atoms with Gasteiger partial charge in [0.1, 0.15) is 0 Å². The average molecular weight is 380 g/mol. The molecule has 1 amide bonds. The first-order valence-corrected chi connectivity index (χ1v) is 9.29. The molecule has 1 heterocycles. The van der Waals surface area contributed by atoms with E-state index < -0.39 is 0 Å². The van der Waals surface area contributed by atoms with Crippen molar-refractivity contribution in [3.05, 3.63) is 57.8 Å². The maximum absolute atomic E-state index is 12.9. The Balaban J connectivity index is 2.29. The van der Waals surface area contributed by atoms with Crippen molar-refractivity contribution in [2.24, 2.45) is 0 Å². The van der Waals surface area contributed by atoms with Gasteiger partial charge in [-0.1, -0.05) is 30.7 Å². The van der Waals surface area contributed by atoms with Gasteiger partial charge in [0.2, 0.25) is 0 Å². The van der Waals surface area contributed by atoms with E-state index in [2.05, 4.69) is 6.58 Å². The average Bonchev–Trinajstić information content (AvgIpc) is 3.12. The smallest absolute Gasteiger partial charge is 0.254 e. The normalized spacial score (nSPS) is 10.4. The SMILES string of the molecule is C=CCN(Cc1cccs1)C(=O)c1cc(Cl)c(OCCC)c(OC)c1. The van der Waals surface area contributed by atoms with Gasteiger partial charge in [-0.05, 0) is 30.0 Å². The Bertz CT molecular complexity index is 716. The van der Waals surface area contributed by atoms with Crippen molar-refractivity contribution in [2.75, 3.05) is 20.3 Å². The summed E-state index contributed by atoms with van der Waals surface area (Å²) in [5.74, 6) is 0.797. The molecule has 0 saturated carbocycles. The second kappa shape index (κ2) is 9.49. The topological polar surface area (TPSA) is 38.8 Å². The second-order valence-corrected chi connectivity index (χ2v) is 6.83. The van der Waals surface area contributed by atoms with Crippen LogP contribution in [0.25, 0.3) is 0 Å². The van der Waals surface area contributed by atoms with Crippen LogP contribution in [0.2, 0.25) is 5.02 Å². The van der Waals surface area contributed by atoms with Crippen LogP contribution in [0.5, 0.6) is 11.5 Å². The maximum Gasteiger partial charge on any atom is 0.254 e. The zero-order valence-electron chi connectivity index (χ0n) is 14.5. The van der Waals surface area contributed by atoms with Gasteiger partial charge in [-0.15, -0.1) is 17.9 Å². The van der Waals surface area contributed by atoms with Crippen LogP contribution < -0.4 is 9.47 Å². The highest BCUT2D eigenvalue weighted by Crippen LogP contribution is 2.37. The van der Waals surface area contributed by atoms with E-state index in [-0.39, 0.29) is 5.91 Å². The fourth-order valence-corrected chi connectivity index (χ4v) is 3.32. The summed E-state index contributed by atoms with van der Waals surface area (Å²) in [6, 6.07) is 7.27. The van der Waals surface area contributed by atoms with Crippen LogP contribution in [0.15, 0.2) is 42.3 Å². The molecule has 1 aromatic carbocycles. The molecule has 0 atom stereocenters. The molecule has 0 bridgehead atoms. The zero-order valence-corrected chi connectivity index (χ0v) is 16.0. The number of methoxy groups -OCH3 is 1. The highest BCUT2D eigenvalue weighted by atomic mass is 35.5. The van der Waals surface area contributed by atoms with Crippen LogP contribution in [0.4, 0.5) is 0 Å². The van der Waals surface area contributed by atoms with Crippen molar-refractivity contribution in [3.8, 4) is 11.5 Å². The molecule has 2 rings (SSSR count). The largest absolute Gasteiger partial charge is 0.493 e. The van der Waals surface area contributed by atoms with Gasteiger partial charge in [0.05, 0.1) is 25.3 Å². The minimum atomic E-state index is -0.129. The summed E-state index contributed by atoms with van der Waals surface area (Å²) in [5.41, 5.74) is 0.462. The van der Waals surface area contributed by atoms with E-state index >= 15 is 0 Å². The Morgan fingerprint density at radius 1 is 1.44 bits per heavy atom. The molecule has 0 saturated heterocycles. The quantitative estimate of drug-likeness (QED) is 0.574. The lowest BCUT2D eigenvalue weighted by Crippen LogP contribution is -2.30. The van der Waals surface area contributed by atoms with E-state index in [1.165, 1.54) is 7.11 Å².